The normalized spacial score (nSPS) is 26.9. The standard InChI is InChI=1S/C10H10N2O3/c13-8-2-1-7-9(11-14)10-6(3-4-15-10)5-12(7)8/h3-4,7,14H,1-2,5H2/b11-9+. The van der Waals surface area contributed by atoms with E-state index in [1.54, 1.807) is 11.2 Å². The van der Waals surface area contributed by atoms with Crippen molar-refractivity contribution in [3.05, 3.63) is 23.7 Å². The summed E-state index contributed by atoms with van der Waals surface area (Å²) in [4.78, 5) is 13.3. The molecule has 1 amide bonds. The Morgan fingerprint density at radius 2 is 2.47 bits per heavy atom. The molecule has 0 saturated carbocycles. The molecule has 3 heterocycles. The number of oxime groups is 1. The highest BCUT2D eigenvalue weighted by Gasteiger charge is 2.41. The zero-order valence-corrected chi connectivity index (χ0v) is 8.01. The van der Waals surface area contributed by atoms with Crippen LogP contribution in [0.4, 0.5) is 0 Å². The molecule has 2 aliphatic heterocycles. The minimum absolute atomic E-state index is 0.110. The Hall–Kier alpha value is -1.78. The maximum Gasteiger partial charge on any atom is 0.223 e. The number of carbonyl (C=O) groups excluding carboxylic acids is 1. The van der Waals surface area contributed by atoms with Crippen molar-refractivity contribution in [2.24, 2.45) is 5.16 Å². The summed E-state index contributed by atoms with van der Waals surface area (Å²) in [5.41, 5.74) is 1.39. The van der Waals surface area contributed by atoms with Gasteiger partial charge in [-0.1, -0.05) is 5.16 Å². The second kappa shape index (κ2) is 2.85. The number of carbonyl (C=O) groups is 1. The Labute approximate surface area is 86.0 Å². The molecule has 0 spiro atoms. The third kappa shape index (κ3) is 1.03. The third-order valence-corrected chi connectivity index (χ3v) is 3.07. The second-order valence-corrected chi connectivity index (χ2v) is 3.84. The Balaban J connectivity index is 2.12. The van der Waals surface area contributed by atoms with Gasteiger partial charge in [0.2, 0.25) is 5.91 Å². The van der Waals surface area contributed by atoms with E-state index in [2.05, 4.69) is 5.16 Å². The highest BCUT2D eigenvalue weighted by atomic mass is 16.4. The number of furan rings is 1. The maximum absolute atomic E-state index is 11.6. The topological polar surface area (TPSA) is 66.0 Å². The molecule has 1 saturated heterocycles. The number of nitrogens with zero attached hydrogens (tertiary/aromatic N) is 2. The first-order valence-corrected chi connectivity index (χ1v) is 4.89. The summed E-state index contributed by atoms with van der Waals surface area (Å²) < 4.78 is 5.27. The van der Waals surface area contributed by atoms with Crippen LogP contribution < -0.4 is 0 Å². The van der Waals surface area contributed by atoms with Crippen molar-refractivity contribution in [1.29, 1.82) is 0 Å². The Morgan fingerprint density at radius 1 is 1.60 bits per heavy atom. The summed E-state index contributed by atoms with van der Waals surface area (Å²) in [5, 5.41) is 12.2. The lowest BCUT2D eigenvalue weighted by molar-refractivity contribution is -0.128. The summed E-state index contributed by atoms with van der Waals surface area (Å²) in [6.45, 7) is 0.564. The van der Waals surface area contributed by atoms with Gasteiger partial charge in [0.05, 0.1) is 18.8 Å². The average molecular weight is 206 g/mol. The Morgan fingerprint density at radius 3 is 3.27 bits per heavy atom. The van der Waals surface area contributed by atoms with E-state index >= 15 is 0 Å². The molecular weight excluding hydrogens is 196 g/mol. The monoisotopic (exact) mass is 206 g/mol. The van der Waals surface area contributed by atoms with Gasteiger partial charge in [0.15, 0.2) is 5.76 Å². The highest BCUT2D eigenvalue weighted by Crippen LogP contribution is 2.31. The third-order valence-electron chi connectivity index (χ3n) is 3.07. The molecule has 0 radical (unpaired) electrons. The van der Waals surface area contributed by atoms with Crippen LogP contribution in [-0.4, -0.2) is 27.8 Å². The molecule has 5 nitrogen and oxygen atoms in total. The largest absolute Gasteiger partial charge is 0.462 e. The van der Waals surface area contributed by atoms with E-state index in [1.165, 1.54) is 0 Å². The first-order chi connectivity index (χ1) is 7.31. The predicted molar refractivity (Wildman–Crippen MR) is 50.6 cm³/mol. The quantitative estimate of drug-likeness (QED) is 0.508. The van der Waals surface area contributed by atoms with Crippen molar-refractivity contribution < 1.29 is 14.4 Å². The molecule has 0 aromatic carbocycles. The van der Waals surface area contributed by atoms with Gasteiger partial charge in [0.25, 0.3) is 0 Å². The van der Waals surface area contributed by atoms with Gasteiger partial charge in [0, 0.05) is 12.0 Å². The first kappa shape index (κ1) is 8.52. The SMILES string of the molecule is O=C1CCC2/C(=N\O)c3occc3CN12. The summed E-state index contributed by atoms with van der Waals surface area (Å²) in [7, 11) is 0. The molecule has 3 rings (SSSR count). The fourth-order valence-electron chi connectivity index (χ4n) is 2.35. The molecule has 1 atom stereocenters. The zero-order chi connectivity index (χ0) is 10.4. The van der Waals surface area contributed by atoms with Crippen molar-refractivity contribution in [2.75, 3.05) is 0 Å². The van der Waals surface area contributed by atoms with E-state index in [0.717, 1.165) is 5.56 Å². The van der Waals surface area contributed by atoms with Gasteiger partial charge < -0.3 is 14.5 Å². The molecule has 1 aromatic rings. The molecular formula is C10H10N2O3. The maximum atomic E-state index is 11.6. The molecule has 1 unspecified atom stereocenters. The number of hydrogen-bond donors (Lipinski definition) is 1. The summed E-state index contributed by atoms with van der Waals surface area (Å²) >= 11 is 0. The van der Waals surface area contributed by atoms with Crippen LogP contribution in [0.15, 0.2) is 21.9 Å². The van der Waals surface area contributed by atoms with Crippen molar-refractivity contribution in [3.8, 4) is 0 Å². The summed E-state index contributed by atoms with van der Waals surface area (Å²) in [5.74, 6) is 0.737. The van der Waals surface area contributed by atoms with Gasteiger partial charge in [0.1, 0.15) is 5.71 Å². The smallest absolute Gasteiger partial charge is 0.223 e. The van der Waals surface area contributed by atoms with Crippen molar-refractivity contribution in [3.63, 3.8) is 0 Å². The van der Waals surface area contributed by atoms with Crippen LogP contribution in [0.2, 0.25) is 0 Å². The van der Waals surface area contributed by atoms with Crippen LogP contribution in [0.3, 0.4) is 0 Å². The van der Waals surface area contributed by atoms with Crippen LogP contribution in [0.25, 0.3) is 0 Å². The molecule has 1 fully saturated rings. The predicted octanol–water partition coefficient (Wildman–Crippen LogP) is 0.963. The van der Waals surface area contributed by atoms with E-state index in [1.807, 2.05) is 6.07 Å². The minimum atomic E-state index is -0.110. The van der Waals surface area contributed by atoms with Gasteiger partial charge in [-0.15, -0.1) is 0 Å². The number of hydrogen-bond acceptors (Lipinski definition) is 4. The van der Waals surface area contributed by atoms with Crippen LogP contribution in [0.1, 0.15) is 24.2 Å². The number of amides is 1. The molecule has 2 aliphatic rings. The minimum Gasteiger partial charge on any atom is -0.462 e. The fourth-order valence-corrected chi connectivity index (χ4v) is 2.35. The molecule has 1 aromatic heterocycles. The van der Waals surface area contributed by atoms with Gasteiger partial charge in [-0.2, -0.15) is 0 Å². The van der Waals surface area contributed by atoms with E-state index < -0.39 is 0 Å². The number of rotatable bonds is 0. The Kier molecular flexibility index (Phi) is 1.62. The molecule has 0 bridgehead atoms. The van der Waals surface area contributed by atoms with Crippen LogP contribution in [0, 0.1) is 0 Å². The van der Waals surface area contributed by atoms with Crippen molar-refractivity contribution in [2.45, 2.75) is 25.4 Å². The summed E-state index contributed by atoms with van der Waals surface area (Å²) in [6.07, 6.45) is 2.79. The zero-order valence-electron chi connectivity index (χ0n) is 8.01. The Bertz CT molecular complexity index is 449. The van der Waals surface area contributed by atoms with E-state index in [4.69, 9.17) is 9.62 Å². The lowest BCUT2D eigenvalue weighted by Crippen LogP contribution is -2.42. The van der Waals surface area contributed by atoms with Crippen LogP contribution in [-0.2, 0) is 11.3 Å². The van der Waals surface area contributed by atoms with Gasteiger partial charge in [-0.3, -0.25) is 4.79 Å². The fraction of sp³-hybridized carbons (Fsp3) is 0.400. The average Bonchev–Trinajstić information content (AvgIpc) is 2.83. The number of fused-ring (bicyclic) bond motifs is 2. The van der Waals surface area contributed by atoms with E-state index in [9.17, 15) is 4.79 Å². The summed E-state index contributed by atoms with van der Waals surface area (Å²) in [6, 6.07) is 1.70. The van der Waals surface area contributed by atoms with E-state index in [0.29, 0.717) is 30.9 Å². The lowest BCUT2D eigenvalue weighted by Gasteiger charge is -2.29. The van der Waals surface area contributed by atoms with Gasteiger partial charge in [-0.25, -0.2) is 0 Å². The van der Waals surface area contributed by atoms with Gasteiger partial charge >= 0.3 is 0 Å². The molecule has 1 N–H and O–H groups in total. The van der Waals surface area contributed by atoms with Crippen LogP contribution >= 0.6 is 0 Å². The first-order valence-electron chi connectivity index (χ1n) is 4.89. The van der Waals surface area contributed by atoms with E-state index in [-0.39, 0.29) is 11.9 Å². The molecule has 78 valence electrons. The van der Waals surface area contributed by atoms with Crippen molar-refractivity contribution >= 4 is 11.6 Å². The highest BCUT2D eigenvalue weighted by molar-refractivity contribution is 6.07. The molecule has 0 aliphatic carbocycles. The lowest BCUT2D eigenvalue weighted by atomic mass is 9.99. The molecule has 5 heteroatoms. The second-order valence-electron chi connectivity index (χ2n) is 3.84. The van der Waals surface area contributed by atoms with Crippen LogP contribution in [0.5, 0.6) is 0 Å². The molecule has 15 heavy (non-hydrogen) atoms. The van der Waals surface area contributed by atoms with Crippen molar-refractivity contribution in [1.82, 2.24) is 4.90 Å². The van der Waals surface area contributed by atoms with Gasteiger partial charge in [-0.05, 0) is 12.5 Å².